The largest absolute Gasteiger partial charge is 0.379 e. The predicted molar refractivity (Wildman–Crippen MR) is 108 cm³/mol. The molecule has 0 aromatic carbocycles. The van der Waals surface area contributed by atoms with E-state index in [1.54, 1.807) is 0 Å². The fourth-order valence-corrected chi connectivity index (χ4v) is 4.93. The van der Waals surface area contributed by atoms with E-state index in [-0.39, 0.29) is 23.8 Å². The molecule has 1 atom stereocenters. The topological polar surface area (TPSA) is 53.1 Å². The van der Waals surface area contributed by atoms with Gasteiger partial charge in [-0.15, -0.1) is 0 Å². The molecule has 2 saturated heterocycles. The van der Waals surface area contributed by atoms with E-state index in [1.165, 1.54) is 6.42 Å². The molecule has 3 fully saturated rings. The van der Waals surface area contributed by atoms with E-state index >= 15 is 0 Å². The van der Waals surface area contributed by atoms with Gasteiger partial charge in [-0.05, 0) is 38.5 Å². The highest BCUT2D eigenvalue weighted by molar-refractivity contribution is 5.81. The number of hydrogen-bond donors (Lipinski definition) is 0. The molecule has 6 heteroatoms. The van der Waals surface area contributed by atoms with Crippen LogP contribution in [0.15, 0.2) is 12.2 Å². The van der Waals surface area contributed by atoms with Gasteiger partial charge in [-0.1, -0.05) is 18.6 Å². The van der Waals surface area contributed by atoms with Gasteiger partial charge in [0.15, 0.2) is 0 Å². The summed E-state index contributed by atoms with van der Waals surface area (Å²) in [6.45, 7) is 7.02. The van der Waals surface area contributed by atoms with E-state index in [2.05, 4.69) is 22.0 Å². The van der Waals surface area contributed by atoms with Crippen molar-refractivity contribution in [2.24, 2.45) is 11.8 Å². The van der Waals surface area contributed by atoms with E-state index in [1.807, 2.05) is 4.90 Å². The highest BCUT2D eigenvalue weighted by Gasteiger charge is 2.38. The predicted octanol–water partition coefficient (Wildman–Crippen LogP) is 1.90. The molecule has 2 aliphatic carbocycles. The number of likely N-dealkylation sites (tertiary alicyclic amines) is 1. The van der Waals surface area contributed by atoms with Crippen LogP contribution in [-0.4, -0.2) is 85.0 Å². The lowest BCUT2D eigenvalue weighted by Gasteiger charge is -2.36. The maximum absolute atomic E-state index is 13.1. The summed E-state index contributed by atoms with van der Waals surface area (Å²) < 4.78 is 5.43. The summed E-state index contributed by atoms with van der Waals surface area (Å²) in [7, 11) is 0. The fourth-order valence-electron chi connectivity index (χ4n) is 4.93. The first kappa shape index (κ1) is 19.9. The second-order valence-electron chi connectivity index (χ2n) is 8.83. The molecule has 4 rings (SSSR count). The van der Waals surface area contributed by atoms with Crippen LogP contribution < -0.4 is 0 Å². The monoisotopic (exact) mass is 389 g/mol. The third kappa shape index (κ3) is 4.60. The zero-order valence-corrected chi connectivity index (χ0v) is 17.1. The lowest BCUT2D eigenvalue weighted by Crippen LogP contribution is -2.48. The van der Waals surface area contributed by atoms with Gasteiger partial charge < -0.3 is 14.5 Å². The van der Waals surface area contributed by atoms with Crippen molar-refractivity contribution in [3.63, 3.8) is 0 Å². The molecule has 0 spiro atoms. The average molecular weight is 390 g/mol. The molecule has 0 aromatic heterocycles. The van der Waals surface area contributed by atoms with E-state index < -0.39 is 0 Å². The number of allylic oxidation sites excluding steroid dienone is 2. The minimum absolute atomic E-state index is 0.135. The highest BCUT2D eigenvalue weighted by Crippen LogP contribution is 2.31. The Labute approximate surface area is 168 Å². The summed E-state index contributed by atoms with van der Waals surface area (Å²) in [5.41, 5.74) is 0. The van der Waals surface area contributed by atoms with Gasteiger partial charge in [0.05, 0.1) is 19.3 Å². The average Bonchev–Trinajstić information content (AvgIpc) is 3.36. The van der Waals surface area contributed by atoms with Gasteiger partial charge in [0.2, 0.25) is 11.8 Å². The lowest BCUT2D eigenvalue weighted by atomic mass is 9.84. The highest BCUT2D eigenvalue weighted by atomic mass is 16.5. The summed E-state index contributed by atoms with van der Waals surface area (Å²) in [6, 6.07) is 0.205. The number of rotatable bonds is 7. The molecule has 1 unspecified atom stereocenters. The normalized spacial score (nSPS) is 26.6. The lowest BCUT2D eigenvalue weighted by molar-refractivity contribution is -0.141. The third-order valence-corrected chi connectivity index (χ3v) is 6.99. The van der Waals surface area contributed by atoms with Crippen LogP contribution >= 0.6 is 0 Å². The van der Waals surface area contributed by atoms with Crippen molar-refractivity contribution in [3.05, 3.63) is 12.2 Å². The number of ether oxygens (including phenoxy) is 1. The first-order valence-electron chi connectivity index (χ1n) is 11.3. The zero-order valence-electron chi connectivity index (χ0n) is 17.1. The molecule has 0 N–H and O–H groups in total. The second kappa shape index (κ2) is 9.40. The number of hydrogen-bond acceptors (Lipinski definition) is 4. The minimum atomic E-state index is 0.135. The number of amides is 2. The standard InChI is InChI=1S/C22H35N3O3/c26-21(18-5-1-2-6-18)24-12-9-20(17-24)25(22(27)19-7-3-8-19)11-4-10-23-13-15-28-16-14-23/h1-2,18-20H,3-17H2. The van der Waals surface area contributed by atoms with Crippen molar-refractivity contribution >= 4 is 11.8 Å². The summed E-state index contributed by atoms with van der Waals surface area (Å²) in [5, 5.41) is 0. The first-order chi connectivity index (χ1) is 13.7. The van der Waals surface area contributed by atoms with Gasteiger partial charge in [-0.25, -0.2) is 0 Å². The van der Waals surface area contributed by atoms with Crippen LogP contribution in [0.2, 0.25) is 0 Å². The van der Waals surface area contributed by atoms with Crippen molar-refractivity contribution in [3.8, 4) is 0 Å². The zero-order chi connectivity index (χ0) is 19.3. The van der Waals surface area contributed by atoms with Crippen LogP contribution in [0.25, 0.3) is 0 Å². The summed E-state index contributed by atoms with van der Waals surface area (Å²) in [5.74, 6) is 0.995. The third-order valence-electron chi connectivity index (χ3n) is 6.99. The number of carbonyl (C=O) groups excluding carboxylic acids is 2. The molecular formula is C22H35N3O3. The molecule has 6 nitrogen and oxygen atoms in total. The maximum atomic E-state index is 13.1. The van der Waals surface area contributed by atoms with Crippen LogP contribution in [-0.2, 0) is 14.3 Å². The molecule has 28 heavy (non-hydrogen) atoms. The Balaban J connectivity index is 1.32. The quantitative estimate of drug-likeness (QED) is 0.624. The minimum Gasteiger partial charge on any atom is -0.379 e. The Morgan fingerprint density at radius 1 is 1.00 bits per heavy atom. The summed E-state index contributed by atoms with van der Waals surface area (Å²) in [4.78, 5) is 32.5. The van der Waals surface area contributed by atoms with Crippen LogP contribution in [0.1, 0.15) is 44.9 Å². The van der Waals surface area contributed by atoms with Crippen molar-refractivity contribution in [1.29, 1.82) is 0 Å². The van der Waals surface area contributed by atoms with E-state index in [0.717, 1.165) is 91.0 Å². The Morgan fingerprint density at radius 3 is 2.43 bits per heavy atom. The Kier molecular flexibility index (Phi) is 6.68. The van der Waals surface area contributed by atoms with Gasteiger partial charge in [0.25, 0.3) is 0 Å². The number of carbonyl (C=O) groups is 2. The Bertz CT molecular complexity index is 576. The van der Waals surface area contributed by atoms with Gasteiger partial charge >= 0.3 is 0 Å². The van der Waals surface area contributed by atoms with Crippen LogP contribution in [0.3, 0.4) is 0 Å². The van der Waals surface area contributed by atoms with Crippen LogP contribution in [0.5, 0.6) is 0 Å². The van der Waals surface area contributed by atoms with E-state index in [9.17, 15) is 9.59 Å². The van der Waals surface area contributed by atoms with Crippen LogP contribution in [0.4, 0.5) is 0 Å². The SMILES string of the molecule is O=C(C1CC=CC1)N1CCC(N(CCCN2CCOCC2)C(=O)C2CCC2)C1. The Morgan fingerprint density at radius 2 is 1.75 bits per heavy atom. The fraction of sp³-hybridized carbons (Fsp3) is 0.818. The molecule has 0 radical (unpaired) electrons. The second-order valence-corrected chi connectivity index (χ2v) is 8.83. The molecule has 1 saturated carbocycles. The van der Waals surface area contributed by atoms with Crippen molar-refractivity contribution in [2.75, 3.05) is 52.5 Å². The van der Waals surface area contributed by atoms with Gasteiger partial charge in [-0.2, -0.15) is 0 Å². The maximum Gasteiger partial charge on any atom is 0.226 e. The number of nitrogens with zero attached hydrogens (tertiary/aromatic N) is 3. The summed E-state index contributed by atoms with van der Waals surface area (Å²) >= 11 is 0. The Hall–Kier alpha value is -1.40. The van der Waals surface area contributed by atoms with Gasteiger partial charge in [0, 0.05) is 51.1 Å². The number of morpholine rings is 1. The van der Waals surface area contributed by atoms with Crippen molar-refractivity contribution in [1.82, 2.24) is 14.7 Å². The van der Waals surface area contributed by atoms with Gasteiger partial charge in [0.1, 0.15) is 0 Å². The molecular weight excluding hydrogens is 354 g/mol. The van der Waals surface area contributed by atoms with Crippen molar-refractivity contribution in [2.45, 2.75) is 51.0 Å². The van der Waals surface area contributed by atoms with Crippen LogP contribution in [0, 0.1) is 11.8 Å². The van der Waals surface area contributed by atoms with Crippen molar-refractivity contribution < 1.29 is 14.3 Å². The molecule has 156 valence electrons. The van der Waals surface area contributed by atoms with Gasteiger partial charge in [-0.3, -0.25) is 14.5 Å². The molecule has 2 aliphatic heterocycles. The smallest absolute Gasteiger partial charge is 0.226 e. The molecule has 2 amide bonds. The van der Waals surface area contributed by atoms with E-state index in [4.69, 9.17) is 4.74 Å². The van der Waals surface area contributed by atoms with E-state index in [0.29, 0.717) is 5.91 Å². The first-order valence-corrected chi connectivity index (χ1v) is 11.3. The molecule has 0 aromatic rings. The molecule has 2 heterocycles. The summed E-state index contributed by atoms with van der Waals surface area (Å²) in [6.07, 6.45) is 11.2. The molecule has 4 aliphatic rings. The molecule has 0 bridgehead atoms.